The van der Waals surface area contributed by atoms with E-state index in [1.54, 1.807) is 6.08 Å². The van der Waals surface area contributed by atoms with E-state index in [1.807, 2.05) is 18.2 Å². The van der Waals surface area contributed by atoms with Gasteiger partial charge in [-0.2, -0.15) is 5.26 Å². The molecule has 144 valence electrons. The molecule has 7 heteroatoms. The van der Waals surface area contributed by atoms with Crippen LogP contribution >= 0.6 is 11.3 Å². The van der Waals surface area contributed by atoms with Crippen LogP contribution in [0.15, 0.2) is 65.9 Å². The second-order valence-electron chi connectivity index (χ2n) is 6.21. The highest BCUT2D eigenvalue weighted by Gasteiger charge is 2.22. The van der Waals surface area contributed by atoms with Crippen LogP contribution in [0.25, 0.3) is 16.3 Å². The van der Waals surface area contributed by atoms with Crippen molar-refractivity contribution in [3.63, 3.8) is 0 Å². The van der Waals surface area contributed by atoms with E-state index in [2.05, 4.69) is 35.3 Å². The average Bonchev–Trinajstić information content (AvgIpc) is 3.10. The number of amidine groups is 1. The van der Waals surface area contributed by atoms with Crippen LogP contribution < -0.4 is 17.2 Å². The van der Waals surface area contributed by atoms with Crippen LogP contribution in [-0.4, -0.2) is 12.2 Å². The van der Waals surface area contributed by atoms with Crippen molar-refractivity contribution in [1.82, 2.24) is 0 Å². The van der Waals surface area contributed by atoms with Crippen LogP contribution in [0.5, 0.6) is 0 Å². The summed E-state index contributed by atoms with van der Waals surface area (Å²) in [5, 5.41) is 19.4. The zero-order valence-electron chi connectivity index (χ0n) is 15.6. The smallest absolute Gasteiger partial charge is 0.142 e. The lowest BCUT2D eigenvalue weighted by molar-refractivity contribution is 1.19. The molecule has 1 aromatic heterocycles. The van der Waals surface area contributed by atoms with E-state index in [4.69, 9.17) is 22.6 Å². The average molecular weight is 401 g/mol. The SMILES string of the molecule is N#Cc1c(C(/C=C\N)=C/N)sc(C(N)=NC=N)c1Cc1ccc2ccccc2c1. The number of hydrogen-bond donors (Lipinski definition) is 4. The monoisotopic (exact) mass is 400 g/mol. The molecule has 0 aliphatic heterocycles. The largest absolute Gasteiger partial charge is 0.405 e. The Morgan fingerprint density at radius 2 is 1.90 bits per heavy atom. The zero-order valence-corrected chi connectivity index (χ0v) is 16.4. The number of thiophene rings is 1. The lowest BCUT2D eigenvalue weighted by Crippen LogP contribution is -2.14. The van der Waals surface area contributed by atoms with Crippen molar-refractivity contribution in [2.75, 3.05) is 0 Å². The summed E-state index contributed by atoms with van der Waals surface area (Å²) < 4.78 is 0. The van der Waals surface area contributed by atoms with E-state index >= 15 is 0 Å². The Hall–Kier alpha value is -3.89. The normalized spacial score (nSPS) is 12.4. The van der Waals surface area contributed by atoms with Crippen molar-refractivity contribution in [2.24, 2.45) is 22.2 Å². The van der Waals surface area contributed by atoms with E-state index in [9.17, 15) is 5.26 Å². The summed E-state index contributed by atoms with van der Waals surface area (Å²) in [6.45, 7) is 0. The molecule has 0 amide bonds. The third kappa shape index (κ3) is 4.03. The number of nitrogens with one attached hydrogen (secondary N) is 1. The minimum Gasteiger partial charge on any atom is -0.405 e. The molecule has 0 bridgehead atoms. The molecular formula is C22H20N6S. The van der Waals surface area contributed by atoms with Gasteiger partial charge in [0.05, 0.1) is 15.3 Å². The van der Waals surface area contributed by atoms with E-state index in [0.29, 0.717) is 27.3 Å². The molecule has 2 aromatic carbocycles. The third-order valence-corrected chi connectivity index (χ3v) is 5.77. The summed E-state index contributed by atoms with van der Waals surface area (Å²) in [5.41, 5.74) is 20.3. The van der Waals surface area contributed by atoms with Gasteiger partial charge in [0.25, 0.3) is 0 Å². The molecule has 1 heterocycles. The van der Waals surface area contributed by atoms with Crippen LogP contribution in [0.3, 0.4) is 0 Å². The minimum absolute atomic E-state index is 0.191. The Bertz CT molecular complexity index is 1190. The predicted molar refractivity (Wildman–Crippen MR) is 121 cm³/mol. The maximum Gasteiger partial charge on any atom is 0.142 e. The number of nitriles is 1. The molecular weight excluding hydrogens is 380 g/mol. The van der Waals surface area contributed by atoms with Gasteiger partial charge < -0.3 is 17.2 Å². The predicted octanol–water partition coefficient (Wildman–Crippen LogP) is 3.45. The molecule has 7 N–H and O–H groups in total. The number of nitrogens with zero attached hydrogens (tertiary/aromatic N) is 2. The number of allylic oxidation sites excluding steroid dienone is 2. The summed E-state index contributed by atoms with van der Waals surface area (Å²) in [5.74, 6) is 0.191. The molecule has 0 atom stereocenters. The highest BCUT2D eigenvalue weighted by atomic mass is 32.1. The Balaban J connectivity index is 2.19. The van der Waals surface area contributed by atoms with Gasteiger partial charge >= 0.3 is 0 Å². The number of benzene rings is 2. The summed E-state index contributed by atoms with van der Waals surface area (Å²) >= 11 is 1.32. The maximum absolute atomic E-state index is 9.89. The quantitative estimate of drug-likeness (QED) is 0.286. The van der Waals surface area contributed by atoms with Crippen LogP contribution in [-0.2, 0) is 6.42 Å². The Morgan fingerprint density at radius 3 is 2.55 bits per heavy atom. The maximum atomic E-state index is 9.89. The first-order valence-corrected chi connectivity index (χ1v) is 9.61. The highest BCUT2D eigenvalue weighted by Crippen LogP contribution is 2.35. The second-order valence-corrected chi connectivity index (χ2v) is 7.23. The van der Waals surface area contributed by atoms with Crippen molar-refractivity contribution < 1.29 is 0 Å². The fraction of sp³-hybridized carbons (Fsp3) is 0.0455. The van der Waals surface area contributed by atoms with E-state index in [0.717, 1.165) is 28.2 Å². The van der Waals surface area contributed by atoms with Gasteiger partial charge in [-0.1, -0.05) is 42.5 Å². The van der Waals surface area contributed by atoms with Crippen molar-refractivity contribution in [3.8, 4) is 6.07 Å². The number of fused-ring (bicyclic) bond motifs is 1. The molecule has 3 aromatic rings. The number of nitrogens with two attached hydrogens (primary N) is 3. The van der Waals surface area contributed by atoms with Crippen molar-refractivity contribution >= 4 is 39.9 Å². The Kier molecular flexibility index (Phi) is 6.07. The van der Waals surface area contributed by atoms with Crippen molar-refractivity contribution in [1.29, 1.82) is 10.7 Å². The third-order valence-electron chi connectivity index (χ3n) is 4.47. The van der Waals surface area contributed by atoms with Crippen molar-refractivity contribution in [3.05, 3.63) is 87.4 Å². The molecule has 0 aliphatic carbocycles. The van der Waals surface area contributed by atoms with Crippen LogP contribution in [0.2, 0.25) is 0 Å². The lowest BCUT2D eigenvalue weighted by Gasteiger charge is -2.07. The molecule has 0 spiro atoms. The molecule has 0 unspecified atom stereocenters. The van der Waals surface area contributed by atoms with Crippen LogP contribution in [0.1, 0.15) is 26.4 Å². The van der Waals surface area contributed by atoms with E-state index in [-0.39, 0.29) is 5.84 Å². The number of hydrogen-bond acceptors (Lipinski definition) is 5. The van der Waals surface area contributed by atoms with Gasteiger partial charge in [0.1, 0.15) is 18.2 Å². The van der Waals surface area contributed by atoms with Gasteiger partial charge in [-0.15, -0.1) is 11.3 Å². The molecule has 6 nitrogen and oxygen atoms in total. The Morgan fingerprint density at radius 1 is 1.14 bits per heavy atom. The van der Waals surface area contributed by atoms with Crippen LogP contribution in [0.4, 0.5) is 0 Å². The standard InChI is InChI=1S/C22H20N6S/c23-8-7-17(11-24)20-19(12-25)18(21(29-20)22(27)28-13-26)10-14-5-6-15-3-1-2-4-16(15)9-14/h1-9,11,13H,10,23-24H2,(H3,26,27,28)/b8-7-,17-11+. The van der Waals surface area contributed by atoms with Crippen LogP contribution in [0, 0.1) is 16.7 Å². The fourth-order valence-electron chi connectivity index (χ4n) is 3.15. The van der Waals surface area contributed by atoms with Gasteiger partial charge in [0, 0.05) is 18.2 Å². The molecule has 0 radical (unpaired) electrons. The number of aliphatic imine (C=N–C) groups is 1. The van der Waals surface area contributed by atoms with E-state index < -0.39 is 0 Å². The molecule has 0 aliphatic rings. The van der Waals surface area contributed by atoms with Gasteiger partial charge in [0.15, 0.2) is 0 Å². The van der Waals surface area contributed by atoms with Gasteiger partial charge in [-0.25, -0.2) is 4.99 Å². The first-order valence-electron chi connectivity index (χ1n) is 8.79. The zero-order chi connectivity index (χ0) is 20.8. The fourth-order valence-corrected chi connectivity index (χ4v) is 4.34. The molecule has 0 saturated heterocycles. The topological polar surface area (TPSA) is 138 Å². The summed E-state index contributed by atoms with van der Waals surface area (Å²) in [7, 11) is 0. The summed E-state index contributed by atoms with van der Waals surface area (Å²) in [4.78, 5) is 5.23. The Labute approximate surface area is 172 Å². The first kappa shape index (κ1) is 19.9. The summed E-state index contributed by atoms with van der Waals surface area (Å²) in [6.07, 6.45) is 5.80. The lowest BCUT2D eigenvalue weighted by atomic mass is 9.97. The molecule has 0 saturated carbocycles. The second kappa shape index (κ2) is 8.87. The first-order chi connectivity index (χ1) is 14.1. The highest BCUT2D eigenvalue weighted by molar-refractivity contribution is 7.15. The van der Waals surface area contributed by atoms with Gasteiger partial charge in [-0.3, -0.25) is 5.41 Å². The van der Waals surface area contributed by atoms with Crippen molar-refractivity contribution in [2.45, 2.75) is 6.42 Å². The van der Waals surface area contributed by atoms with Gasteiger partial charge in [-0.05, 0) is 34.2 Å². The number of rotatable bonds is 6. The minimum atomic E-state index is 0.191. The van der Waals surface area contributed by atoms with E-state index in [1.165, 1.54) is 23.7 Å². The summed E-state index contributed by atoms with van der Waals surface area (Å²) in [6, 6.07) is 16.6. The molecule has 0 fully saturated rings. The van der Waals surface area contributed by atoms with Gasteiger partial charge in [0.2, 0.25) is 0 Å². The molecule has 3 rings (SSSR count). The molecule has 29 heavy (non-hydrogen) atoms.